The topological polar surface area (TPSA) is 79.5 Å². The van der Waals surface area contributed by atoms with Gasteiger partial charge in [0.15, 0.2) is 0 Å². The maximum Gasteiger partial charge on any atom is 0.331 e. The van der Waals surface area contributed by atoms with Crippen molar-refractivity contribution in [1.29, 1.82) is 0 Å². The van der Waals surface area contributed by atoms with Crippen molar-refractivity contribution in [2.75, 3.05) is 14.2 Å². The highest BCUT2D eigenvalue weighted by molar-refractivity contribution is 5.87. The summed E-state index contributed by atoms with van der Waals surface area (Å²) in [6, 6.07) is -0.376. The third kappa shape index (κ3) is 3.59. The Morgan fingerprint density at radius 2 is 1.58 bits per heavy atom. The monoisotopic (exact) mass is 271 g/mol. The van der Waals surface area contributed by atoms with Gasteiger partial charge < -0.3 is 20.7 Å². The molecule has 1 saturated heterocycles. The van der Waals surface area contributed by atoms with Gasteiger partial charge in [-0.05, 0) is 40.5 Å². The molecule has 6 nitrogen and oxygen atoms in total. The molecular weight excluding hydrogens is 246 g/mol. The lowest BCUT2D eigenvalue weighted by molar-refractivity contribution is -0.152. The number of carbonyl (C=O) groups excluding carboxylic acids is 2. The third-order valence-electron chi connectivity index (χ3n) is 3.32. The lowest BCUT2D eigenvalue weighted by atomic mass is 9.71. The number of hydrogen-bond donors (Lipinski definition) is 3. The number of hydrogen-bond acceptors (Lipinski definition) is 4. The standard InChI is InChI=1S/C13H25N3O3/c1-11(2)7-13(9(17)19-6,15-10(18)14-5)8-12(3,4)16-11/h16H,7-8H2,1-6H3,(H2,14,15,18). The van der Waals surface area contributed by atoms with Crippen molar-refractivity contribution in [2.24, 2.45) is 0 Å². The van der Waals surface area contributed by atoms with Crippen molar-refractivity contribution in [3.05, 3.63) is 0 Å². The molecule has 0 aromatic rings. The minimum atomic E-state index is -1.01. The van der Waals surface area contributed by atoms with E-state index in [-0.39, 0.29) is 17.1 Å². The molecule has 6 heteroatoms. The molecule has 0 aliphatic carbocycles. The number of esters is 1. The fourth-order valence-corrected chi connectivity index (χ4v) is 3.33. The number of ether oxygens (including phenoxy) is 1. The molecular formula is C13H25N3O3. The van der Waals surface area contributed by atoms with Crippen LogP contribution in [-0.4, -0.2) is 42.8 Å². The lowest BCUT2D eigenvalue weighted by Crippen LogP contribution is -2.71. The zero-order valence-corrected chi connectivity index (χ0v) is 12.6. The minimum Gasteiger partial charge on any atom is -0.467 e. The molecule has 2 amide bonds. The number of piperidine rings is 1. The SMILES string of the molecule is CNC(=O)NC1(C(=O)OC)CC(C)(C)NC(C)(C)C1. The molecule has 110 valence electrons. The molecule has 0 radical (unpaired) electrons. The molecule has 1 aliphatic rings. The van der Waals surface area contributed by atoms with Crippen LogP contribution in [0.3, 0.4) is 0 Å². The highest BCUT2D eigenvalue weighted by Crippen LogP contribution is 2.36. The van der Waals surface area contributed by atoms with Gasteiger partial charge in [0.1, 0.15) is 5.54 Å². The molecule has 1 heterocycles. The van der Waals surface area contributed by atoms with Crippen molar-refractivity contribution >= 4 is 12.0 Å². The molecule has 1 aliphatic heterocycles. The molecule has 0 unspecified atom stereocenters. The summed E-state index contributed by atoms with van der Waals surface area (Å²) < 4.78 is 4.92. The first-order valence-electron chi connectivity index (χ1n) is 6.43. The van der Waals surface area contributed by atoms with Crippen LogP contribution in [0, 0.1) is 0 Å². The summed E-state index contributed by atoms with van der Waals surface area (Å²) in [7, 11) is 2.87. The van der Waals surface area contributed by atoms with Crippen molar-refractivity contribution in [1.82, 2.24) is 16.0 Å². The van der Waals surface area contributed by atoms with Crippen LogP contribution in [0.4, 0.5) is 4.79 Å². The van der Waals surface area contributed by atoms with Crippen molar-refractivity contribution in [3.63, 3.8) is 0 Å². The number of methoxy groups -OCH3 is 1. The van der Waals surface area contributed by atoms with Crippen LogP contribution in [0.25, 0.3) is 0 Å². The van der Waals surface area contributed by atoms with Gasteiger partial charge in [-0.2, -0.15) is 0 Å². The summed E-state index contributed by atoms with van der Waals surface area (Å²) in [6.45, 7) is 8.04. The van der Waals surface area contributed by atoms with Crippen molar-refractivity contribution in [3.8, 4) is 0 Å². The van der Waals surface area contributed by atoms with Gasteiger partial charge in [-0.1, -0.05) is 0 Å². The van der Waals surface area contributed by atoms with Crippen LogP contribution < -0.4 is 16.0 Å². The van der Waals surface area contributed by atoms with Crippen LogP contribution in [0.1, 0.15) is 40.5 Å². The Morgan fingerprint density at radius 3 is 1.95 bits per heavy atom. The van der Waals surface area contributed by atoms with Gasteiger partial charge >= 0.3 is 12.0 Å². The van der Waals surface area contributed by atoms with Crippen LogP contribution >= 0.6 is 0 Å². The van der Waals surface area contributed by atoms with Gasteiger partial charge in [-0.3, -0.25) is 0 Å². The molecule has 19 heavy (non-hydrogen) atoms. The zero-order chi connectivity index (χ0) is 14.9. The molecule has 0 spiro atoms. The van der Waals surface area contributed by atoms with Crippen molar-refractivity contribution < 1.29 is 14.3 Å². The average Bonchev–Trinajstić information content (AvgIpc) is 2.23. The zero-order valence-electron chi connectivity index (χ0n) is 12.6. The maximum absolute atomic E-state index is 12.2. The quantitative estimate of drug-likeness (QED) is 0.648. The summed E-state index contributed by atoms with van der Waals surface area (Å²) in [4.78, 5) is 23.9. The Labute approximate surface area is 114 Å². The van der Waals surface area contributed by atoms with Gasteiger partial charge in [-0.15, -0.1) is 0 Å². The second-order valence-electron chi connectivity index (χ2n) is 6.52. The molecule has 0 aromatic carbocycles. The molecule has 1 fully saturated rings. The van der Waals surface area contributed by atoms with Gasteiger partial charge in [-0.25, -0.2) is 9.59 Å². The normalized spacial score (nSPS) is 23.3. The van der Waals surface area contributed by atoms with E-state index in [9.17, 15) is 9.59 Å². The summed E-state index contributed by atoms with van der Waals surface area (Å²) in [6.07, 6.45) is 0.951. The van der Waals surface area contributed by atoms with E-state index >= 15 is 0 Å². The highest BCUT2D eigenvalue weighted by atomic mass is 16.5. The van der Waals surface area contributed by atoms with E-state index in [0.29, 0.717) is 12.8 Å². The predicted molar refractivity (Wildman–Crippen MR) is 72.9 cm³/mol. The first-order valence-corrected chi connectivity index (χ1v) is 6.43. The smallest absolute Gasteiger partial charge is 0.331 e. The fourth-order valence-electron chi connectivity index (χ4n) is 3.33. The Morgan fingerprint density at radius 1 is 1.11 bits per heavy atom. The summed E-state index contributed by atoms with van der Waals surface area (Å²) >= 11 is 0. The van der Waals surface area contributed by atoms with Gasteiger partial charge in [0.25, 0.3) is 0 Å². The Kier molecular flexibility index (Phi) is 4.14. The first-order chi connectivity index (χ1) is 8.56. The Hall–Kier alpha value is -1.30. The second-order valence-corrected chi connectivity index (χ2v) is 6.52. The number of rotatable bonds is 2. The number of amides is 2. The summed E-state index contributed by atoms with van der Waals surface area (Å²) in [5.41, 5.74) is -1.57. The number of carbonyl (C=O) groups is 2. The van der Waals surface area contributed by atoms with E-state index in [1.165, 1.54) is 14.2 Å². The first kappa shape index (κ1) is 15.8. The molecule has 1 rings (SSSR count). The maximum atomic E-state index is 12.2. The second kappa shape index (κ2) is 5.00. The van der Waals surface area contributed by atoms with E-state index in [4.69, 9.17) is 4.74 Å². The van der Waals surface area contributed by atoms with E-state index in [1.807, 2.05) is 27.7 Å². The largest absolute Gasteiger partial charge is 0.467 e. The molecule has 0 bridgehead atoms. The van der Waals surface area contributed by atoms with E-state index in [1.54, 1.807) is 0 Å². The van der Waals surface area contributed by atoms with Gasteiger partial charge in [0.2, 0.25) is 0 Å². The number of urea groups is 1. The highest BCUT2D eigenvalue weighted by Gasteiger charge is 2.53. The van der Waals surface area contributed by atoms with Crippen LogP contribution in [0.5, 0.6) is 0 Å². The summed E-state index contributed by atoms with van der Waals surface area (Å²) in [5, 5.41) is 8.75. The Balaban J connectivity index is 3.15. The van der Waals surface area contributed by atoms with Crippen LogP contribution in [0.2, 0.25) is 0 Å². The number of nitrogens with one attached hydrogen (secondary N) is 3. The molecule has 0 atom stereocenters. The molecule has 0 aromatic heterocycles. The van der Waals surface area contributed by atoms with Crippen LogP contribution in [0.15, 0.2) is 0 Å². The molecule has 3 N–H and O–H groups in total. The third-order valence-corrected chi connectivity index (χ3v) is 3.32. The van der Waals surface area contributed by atoms with Gasteiger partial charge in [0.05, 0.1) is 7.11 Å². The predicted octanol–water partition coefficient (Wildman–Crippen LogP) is 0.768. The lowest BCUT2D eigenvalue weighted by Gasteiger charge is -2.51. The van der Waals surface area contributed by atoms with Crippen molar-refractivity contribution in [2.45, 2.75) is 57.2 Å². The Bertz CT molecular complexity index is 361. The van der Waals surface area contributed by atoms with Crippen LogP contribution in [-0.2, 0) is 9.53 Å². The average molecular weight is 271 g/mol. The van der Waals surface area contributed by atoms with E-state index < -0.39 is 11.5 Å². The summed E-state index contributed by atoms with van der Waals surface area (Å²) in [5.74, 6) is -0.404. The van der Waals surface area contributed by atoms with E-state index in [2.05, 4.69) is 16.0 Å². The van der Waals surface area contributed by atoms with Gasteiger partial charge in [0, 0.05) is 18.1 Å². The fraction of sp³-hybridized carbons (Fsp3) is 0.846. The molecule has 0 saturated carbocycles. The minimum absolute atomic E-state index is 0.281. The van der Waals surface area contributed by atoms with E-state index in [0.717, 1.165) is 0 Å².